The summed E-state index contributed by atoms with van der Waals surface area (Å²) in [5.74, 6) is 0.767. The van der Waals surface area contributed by atoms with Gasteiger partial charge >= 0.3 is 0 Å². The van der Waals surface area contributed by atoms with Crippen LogP contribution in [0.4, 0.5) is 0 Å². The molecule has 1 fully saturated rings. The molecule has 0 saturated carbocycles. The lowest BCUT2D eigenvalue weighted by atomic mass is 10.2. The maximum Gasteiger partial charge on any atom is 0.262 e. The maximum atomic E-state index is 5.44. The molecule has 0 bridgehead atoms. The number of fused-ring (bicyclic) bond motifs is 1. The van der Waals surface area contributed by atoms with Gasteiger partial charge in [0.05, 0.1) is 24.9 Å². The molecular formula is C10H13N3O2S. The summed E-state index contributed by atoms with van der Waals surface area (Å²) in [6, 6.07) is 0.440. The van der Waals surface area contributed by atoms with E-state index in [1.165, 1.54) is 0 Å². The van der Waals surface area contributed by atoms with E-state index >= 15 is 0 Å². The first kappa shape index (κ1) is 10.0. The standard InChI is InChI=1S/C10H13N3O2S/c1-6-9-8(15-10(16)11-6)4-13(12-9)7-2-3-14-5-7/h4,6-7H,2-3,5H2,1H3,(H,11,16). The van der Waals surface area contributed by atoms with Crippen molar-refractivity contribution in [2.24, 2.45) is 0 Å². The molecule has 2 unspecified atom stereocenters. The minimum Gasteiger partial charge on any atom is -0.428 e. The zero-order valence-corrected chi connectivity index (χ0v) is 9.79. The van der Waals surface area contributed by atoms with E-state index in [4.69, 9.17) is 21.7 Å². The Balaban J connectivity index is 1.93. The van der Waals surface area contributed by atoms with Gasteiger partial charge in [-0.05, 0) is 25.6 Å². The number of ether oxygens (including phenoxy) is 2. The summed E-state index contributed by atoms with van der Waals surface area (Å²) in [7, 11) is 0. The molecule has 2 atom stereocenters. The molecule has 0 radical (unpaired) electrons. The van der Waals surface area contributed by atoms with Crippen LogP contribution < -0.4 is 10.1 Å². The maximum absolute atomic E-state index is 5.44. The van der Waals surface area contributed by atoms with Crippen molar-refractivity contribution >= 4 is 17.4 Å². The molecule has 86 valence electrons. The highest BCUT2D eigenvalue weighted by Gasteiger charge is 2.27. The van der Waals surface area contributed by atoms with Crippen molar-refractivity contribution in [2.75, 3.05) is 13.2 Å². The van der Waals surface area contributed by atoms with Crippen LogP contribution in [-0.4, -0.2) is 28.2 Å². The molecular weight excluding hydrogens is 226 g/mol. The van der Waals surface area contributed by atoms with Crippen molar-refractivity contribution < 1.29 is 9.47 Å². The van der Waals surface area contributed by atoms with E-state index < -0.39 is 0 Å². The number of nitrogens with one attached hydrogen (secondary N) is 1. The molecule has 3 heterocycles. The van der Waals surface area contributed by atoms with Crippen molar-refractivity contribution in [1.29, 1.82) is 0 Å². The van der Waals surface area contributed by atoms with E-state index in [1.807, 2.05) is 17.8 Å². The second-order valence-electron chi connectivity index (χ2n) is 4.13. The molecule has 0 aliphatic carbocycles. The number of rotatable bonds is 1. The average Bonchev–Trinajstić information content (AvgIpc) is 2.82. The molecule has 2 aliphatic rings. The van der Waals surface area contributed by atoms with Gasteiger partial charge in [0.1, 0.15) is 5.69 Å². The Bertz CT molecular complexity index is 426. The van der Waals surface area contributed by atoms with Crippen LogP contribution in [0.15, 0.2) is 6.20 Å². The third kappa shape index (κ3) is 1.58. The zero-order chi connectivity index (χ0) is 11.1. The summed E-state index contributed by atoms with van der Waals surface area (Å²) < 4.78 is 12.7. The molecule has 5 nitrogen and oxygen atoms in total. The van der Waals surface area contributed by atoms with Gasteiger partial charge in [-0.1, -0.05) is 0 Å². The van der Waals surface area contributed by atoms with Crippen LogP contribution in [0.1, 0.15) is 31.1 Å². The summed E-state index contributed by atoms with van der Waals surface area (Å²) >= 11 is 5.01. The number of hydrogen-bond acceptors (Lipinski definition) is 4. The van der Waals surface area contributed by atoms with E-state index in [2.05, 4.69) is 10.4 Å². The molecule has 0 aromatic carbocycles. The Kier molecular flexibility index (Phi) is 2.33. The fourth-order valence-electron chi connectivity index (χ4n) is 2.06. The average molecular weight is 239 g/mol. The van der Waals surface area contributed by atoms with Crippen LogP contribution in [0.3, 0.4) is 0 Å². The Morgan fingerprint density at radius 1 is 1.62 bits per heavy atom. The van der Waals surface area contributed by atoms with Gasteiger partial charge in [-0.3, -0.25) is 4.68 Å². The second-order valence-corrected chi connectivity index (χ2v) is 4.50. The van der Waals surface area contributed by atoms with Gasteiger partial charge in [-0.25, -0.2) is 0 Å². The van der Waals surface area contributed by atoms with Gasteiger partial charge in [0.2, 0.25) is 0 Å². The van der Waals surface area contributed by atoms with E-state index in [9.17, 15) is 0 Å². The quantitative estimate of drug-likeness (QED) is 0.746. The van der Waals surface area contributed by atoms with Gasteiger partial charge < -0.3 is 14.8 Å². The number of hydrogen-bond donors (Lipinski definition) is 1. The predicted molar refractivity (Wildman–Crippen MR) is 61.5 cm³/mol. The van der Waals surface area contributed by atoms with Crippen LogP contribution >= 0.6 is 12.2 Å². The van der Waals surface area contributed by atoms with Crippen LogP contribution in [0.2, 0.25) is 0 Å². The minimum atomic E-state index is 0.111. The predicted octanol–water partition coefficient (Wildman–Crippen LogP) is 1.17. The first-order valence-corrected chi connectivity index (χ1v) is 5.80. The van der Waals surface area contributed by atoms with Gasteiger partial charge in [0, 0.05) is 6.61 Å². The van der Waals surface area contributed by atoms with Crippen molar-refractivity contribution in [3.8, 4) is 5.75 Å². The second kappa shape index (κ2) is 3.71. The van der Waals surface area contributed by atoms with Crippen LogP contribution in [0.25, 0.3) is 0 Å². The summed E-state index contributed by atoms with van der Waals surface area (Å²) in [6.45, 7) is 3.56. The Morgan fingerprint density at radius 2 is 2.50 bits per heavy atom. The topological polar surface area (TPSA) is 48.3 Å². The lowest BCUT2D eigenvalue weighted by Gasteiger charge is -2.20. The molecule has 3 rings (SSSR count). The molecule has 1 aromatic heterocycles. The Hall–Kier alpha value is -1.14. The van der Waals surface area contributed by atoms with Gasteiger partial charge in [-0.15, -0.1) is 0 Å². The van der Waals surface area contributed by atoms with Crippen molar-refractivity contribution in [3.63, 3.8) is 0 Å². The highest BCUT2D eigenvalue weighted by Crippen LogP contribution is 2.30. The molecule has 0 amide bonds. The van der Waals surface area contributed by atoms with E-state index in [1.54, 1.807) is 0 Å². The number of thiocarbonyl (C=S) groups is 1. The highest BCUT2D eigenvalue weighted by atomic mass is 32.1. The fraction of sp³-hybridized carbons (Fsp3) is 0.600. The van der Waals surface area contributed by atoms with Gasteiger partial charge in [0.15, 0.2) is 5.75 Å². The summed E-state index contributed by atoms with van der Waals surface area (Å²) in [5, 5.41) is 8.00. The lowest BCUT2D eigenvalue weighted by molar-refractivity contribution is 0.184. The Morgan fingerprint density at radius 3 is 3.25 bits per heavy atom. The SMILES string of the molecule is CC1NC(=S)Oc2cn(C3CCOC3)nc21. The van der Waals surface area contributed by atoms with Gasteiger partial charge in [-0.2, -0.15) is 5.10 Å². The van der Waals surface area contributed by atoms with Crippen molar-refractivity contribution in [2.45, 2.75) is 25.4 Å². The molecule has 2 aliphatic heterocycles. The van der Waals surface area contributed by atoms with Crippen molar-refractivity contribution in [1.82, 2.24) is 15.1 Å². The summed E-state index contributed by atoms with van der Waals surface area (Å²) in [5.41, 5.74) is 0.917. The van der Waals surface area contributed by atoms with Crippen LogP contribution in [-0.2, 0) is 4.74 Å². The Labute approximate surface area is 98.7 Å². The highest BCUT2D eigenvalue weighted by molar-refractivity contribution is 7.80. The third-order valence-corrected chi connectivity index (χ3v) is 3.15. The zero-order valence-electron chi connectivity index (χ0n) is 8.97. The van der Waals surface area contributed by atoms with Crippen LogP contribution in [0.5, 0.6) is 5.75 Å². The fourth-order valence-corrected chi connectivity index (χ4v) is 2.33. The van der Waals surface area contributed by atoms with E-state index in [0.29, 0.717) is 11.2 Å². The number of nitrogens with zero attached hydrogens (tertiary/aromatic N) is 2. The summed E-state index contributed by atoms with van der Waals surface area (Å²) in [4.78, 5) is 0. The van der Waals surface area contributed by atoms with Crippen LogP contribution in [0, 0.1) is 0 Å². The molecule has 16 heavy (non-hydrogen) atoms. The minimum absolute atomic E-state index is 0.111. The van der Waals surface area contributed by atoms with E-state index in [-0.39, 0.29) is 6.04 Å². The van der Waals surface area contributed by atoms with E-state index in [0.717, 1.165) is 31.1 Å². The van der Waals surface area contributed by atoms with Gasteiger partial charge in [0.25, 0.3) is 5.17 Å². The lowest BCUT2D eigenvalue weighted by Crippen LogP contribution is -2.33. The first-order valence-electron chi connectivity index (χ1n) is 5.39. The smallest absolute Gasteiger partial charge is 0.262 e. The summed E-state index contributed by atoms with van der Waals surface area (Å²) in [6.07, 6.45) is 2.92. The third-order valence-electron chi connectivity index (χ3n) is 2.95. The number of aromatic nitrogens is 2. The normalized spacial score (nSPS) is 28.4. The molecule has 0 spiro atoms. The van der Waals surface area contributed by atoms with Crippen molar-refractivity contribution in [3.05, 3.63) is 11.9 Å². The first-order chi connectivity index (χ1) is 7.74. The largest absolute Gasteiger partial charge is 0.428 e. The molecule has 6 heteroatoms. The molecule has 1 N–H and O–H groups in total. The molecule has 1 saturated heterocycles. The molecule has 1 aromatic rings. The monoisotopic (exact) mass is 239 g/mol.